The highest BCUT2D eigenvalue weighted by atomic mass is 32.1. The maximum absolute atomic E-state index is 4.76. The summed E-state index contributed by atoms with van der Waals surface area (Å²) in [6.07, 6.45) is 1.87. The SMILES string of the molecule is c1csc(-c2nnc(N3CCN(c4cnc5ccccc5n4)CC3)s2)c1. The second kappa shape index (κ2) is 6.62. The van der Waals surface area contributed by atoms with Crippen molar-refractivity contribution in [2.75, 3.05) is 36.0 Å². The highest BCUT2D eigenvalue weighted by Crippen LogP contribution is 2.32. The van der Waals surface area contributed by atoms with Crippen LogP contribution in [0.4, 0.5) is 10.9 Å². The van der Waals surface area contributed by atoms with Gasteiger partial charge >= 0.3 is 0 Å². The molecule has 1 fully saturated rings. The smallest absolute Gasteiger partial charge is 0.208 e. The Hall–Kier alpha value is -2.58. The monoisotopic (exact) mass is 380 g/mol. The van der Waals surface area contributed by atoms with Gasteiger partial charge in [-0.25, -0.2) is 4.98 Å². The number of nitrogens with zero attached hydrogens (tertiary/aromatic N) is 6. The van der Waals surface area contributed by atoms with Crippen LogP contribution >= 0.6 is 22.7 Å². The molecule has 0 spiro atoms. The summed E-state index contributed by atoms with van der Waals surface area (Å²) in [6, 6.07) is 12.1. The quantitative estimate of drug-likeness (QED) is 0.542. The van der Waals surface area contributed by atoms with Crippen molar-refractivity contribution in [2.45, 2.75) is 0 Å². The lowest BCUT2D eigenvalue weighted by Gasteiger charge is -2.34. The Morgan fingerprint density at radius 1 is 0.846 bits per heavy atom. The van der Waals surface area contributed by atoms with Gasteiger partial charge in [0.1, 0.15) is 5.82 Å². The molecule has 0 bridgehead atoms. The van der Waals surface area contributed by atoms with Crippen LogP contribution in [0.1, 0.15) is 0 Å². The van der Waals surface area contributed by atoms with E-state index in [1.54, 1.807) is 22.7 Å². The summed E-state index contributed by atoms with van der Waals surface area (Å²) in [5.41, 5.74) is 1.88. The molecule has 8 heteroatoms. The van der Waals surface area contributed by atoms with Gasteiger partial charge in [-0.3, -0.25) is 4.98 Å². The number of aromatic nitrogens is 4. The van der Waals surface area contributed by atoms with Gasteiger partial charge in [0, 0.05) is 26.2 Å². The minimum Gasteiger partial charge on any atom is -0.352 e. The first-order valence-corrected chi connectivity index (χ1v) is 10.2. The van der Waals surface area contributed by atoms with Crippen molar-refractivity contribution < 1.29 is 0 Å². The third kappa shape index (κ3) is 2.91. The van der Waals surface area contributed by atoms with E-state index in [0.717, 1.165) is 53.2 Å². The van der Waals surface area contributed by atoms with Gasteiger partial charge in [0.2, 0.25) is 5.13 Å². The van der Waals surface area contributed by atoms with Crippen molar-refractivity contribution in [1.29, 1.82) is 0 Å². The lowest BCUT2D eigenvalue weighted by Crippen LogP contribution is -2.46. The van der Waals surface area contributed by atoms with Gasteiger partial charge in [-0.15, -0.1) is 21.5 Å². The molecule has 1 saturated heterocycles. The van der Waals surface area contributed by atoms with Gasteiger partial charge in [0.15, 0.2) is 5.01 Å². The first-order valence-electron chi connectivity index (χ1n) is 8.46. The van der Waals surface area contributed by atoms with E-state index < -0.39 is 0 Å². The van der Waals surface area contributed by atoms with Gasteiger partial charge in [0.05, 0.1) is 22.1 Å². The molecular weight excluding hydrogens is 364 g/mol. The van der Waals surface area contributed by atoms with Crippen LogP contribution in [0.15, 0.2) is 48.0 Å². The number of para-hydroxylation sites is 2. The van der Waals surface area contributed by atoms with E-state index in [1.165, 1.54) is 4.88 Å². The second-order valence-electron chi connectivity index (χ2n) is 6.06. The maximum Gasteiger partial charge on any atom is 0.208 e. The summed E-state index contributed by atoms with van der Waals surface area (Å²) in [5.74, 6) is 0.944. The van der Waals surface area contributed by atoms with Crippen LogP contribution in [0.2, 0.25) is 0 Å². The Morgan fingerprint density at radius 2 is 1.65 bits per heavy atom. The number of piperazine rings is 1. The standard InChI is InChI=1S/C18H16N6S2/c1-2-5-14-13(4-1)19-12-16(20-14)23-7-9-24(10-8-23)18-22-21-17(26-18)15-6-3-11-25-15/h1-6,11-12H,7-10H2. The van der Waals surface area contributed by atoms with Gasteiger partial charge < -0.3 is 9.80 Å². The fourth-order valence-corrected chi connectivity index (χ4v) is 4.76. The van der Waals surface area contributed by atoms with Crippen LogP contribution in [0.5, 0.6) is 0 Å². The molecule has 0 N–H and O–H groups in total. The van der Waals surface area contributed by atoms with Crippen molar-refractivity contribution in [3.05, 3.63) is 48.0 Å². The van der Waals surface area contributed by atoms with Crippen molar-refractivity contribution in [3.63, 3.8) is 0 Å². The fraction of sp³-hybridized carbons (Fsp3) is 0.222. The van der Waals surface area contributed by atoms with Crippen LogP contribution in [0, 0.1) is 0 Å². The molecular formula is C18H16N6S2. The minimum atomic E-state index is 0.904. The van der Waals surface area contributed by atoms with Gasteiger partial charge in [-0.2, -0.15) is 0 Å². The molecule has 0 radical (unpaired) electrons. The zero-order valence-electron chi connectivity index (χ0n) is 13.9. The summed E-state index contributed by atoms with van der Waals surface area (Å²) in [6.45, 7) is 3.63. The highest BCUT2D eigenvalue weighted by molar-refractivity contribution is 7.22. The predicted octanol–water partition coefficient (Wildman–Crippen LogP) is 3.54. The molecule has 0 atom stereocenters. The maximum atomic E-state index is 4.76. The Labute approximate surface area is 158 Å². The van der Waals surface area contributed by atoms with Crippen molar-refractivity contribution in [3.8, 4) is 9.88 Å². The summed E-state index contributed by atoms with van der Waals surface area (Å²) >= 11 is 3.36. The van der Waals surface area contributed by atoms with E-state index in [-0.39, 0.29) is 0 Å². The van der Waals surface area contributed by atoms with E-state index in [1.807, 2.05) is 36.5 Å². The highest BCUT2D eigenvalue weighted by Gasteiger charge is 2.21. The topological polar surface area (TPSA) is 58.0 Å². The summed E-state index contributed by atoms with van der Waals surface area (Å²) < 4.78 is 0. The molecule has 0 saturated carbocycles. The van der Waals surface area contributed by atoms with Crippen molar-refractivity contribution in [2.24, 2.45) is 0 Å². The van der Waals surface area contributed by atoms with E-state index in [4.69, 9.17) is 4.98 Å². The first-order chi connectivity index (χ1) is 12.9. The lowest BCUT2D eigenvalue weighted by molar-refractivity contribution is 0.644. The number of fused-ring (bicyclic) bond motifs is 1. The van der Waals surface area contributed by atoms with Crippen LogP contribution in [0.25, 0.3) is 20.9 Å². The van der Waals surface area contributed by atoms with Crippen LogP contribution in [-0.2, 0) is 0 Å². The molecule has 1 aliphatic heterocycles. The Balaban J connectivity index is 1.29. The predicted molar refractivity (Wildman–Crippen MR) is 107 cm³/mol. The molecule has 0 aliphatic carbocycles. The van der Waals surface area contributed by atoms with E-state index >= 15 is 0 Å². The first kappa shape index (κ1) is 15.7. The van der Waals surface area contributed by atoms with Crippen LogP contribution < -0.4 is 9.80 Å². The van der Waals surface area contributed by atoms with Gasteiger partial charge in [-0.1, -0.05) is 29.5 Å². The molecule has 3 aromatic heterocycles. The molecule has 4 heterocycles. The molecule has 0 unspecified atom stereocenters. The third-order valence-electron chi connectivity index (χ3n) is 4.46. The molecule has 1 aromatic carbocycles. The second-order valence-corrected chi connectivity index (χ2v) is 7.96. The normalized spacial score (nSPS) is 14.9. The molecule has 0 amide bonds. The largest absolute Gasteiger partial charge is 0.352 e. The Morgan fingerprint density at radius 3 is 2.46 bits per heavy atom. The number of thiophene rings is 1. The van der Waals surface area contributed by atoms with Crippen LogP contribution in [0.3, 0.4) is 0 Å². The average molecular weight is 381 g/mol. The van der Waals surface area contributed by atoms with E-state index in [9.17, 15) is 0 Å². The number of benzene rings is 1. The van der Waals surface area contributed by atoms with E-state index in [0.29, 0.717) is 0 Å². The number of hydrogen-bond acceptors (Lipinski definition) is 8. The Bertz CT molecular complexity index is 1020. The number of hydrogen-bond donors (Lipinski definition) is 0. The van der Waals surface area contributed by atoms with Crippen molar-refractivity contribution >= 4 is 44.7 Å². The summed E-state index contributed by atoms with van der Waals surface area (Å²) in [7, 11) is 0. The third-order valence-corrected chi connectivity index (χ3v) is 6.48. The summed E-state index contributed by atoms with van der Waals surface area (Å²) in [4.78, 5) is 15.1. The van der Waals surface area contributed by atoms with E-state index in [2.05, 4.69) is 36.4 Å². The molecule has 5 rings (SSSR count). The molecule has 4 aromatic rings. The van der Waals surface area contributed by atoms with Crippen LogP contribution in [-0.4, -0.2) is 46.3 Å². The molecule has 6 nitrogen and oxygen atoms in total. The van der Waals surface area contributed by atoms with Gasteiger partial charge in [0.25, 0.3) is 0 Å². The Kier molecular flexibility index (Phi) is 3.99. The number of anilines is 2. The summed E-state index contributed by atoms with van der Waals surface area (Å²) in [5, 5.41) is 12.8. The van der Waals surface area contributed by atoms with Gasteiger partial charge in [-0.05, 0) is 23.6 Å². The zero-order chi connectivity index (χ0) is 17.3. The number of rotatable bonds is 3. The molecule has 26 heavy (non-hydrogen) atoms. The zero-order valence-corrected chi connectivity index (χ0v) is 15.6. The molecule has 1 aliphatic rings. The average Bonchev–Trinajstić information content (AvgIpc) is 3.39. The lowest BCUT2D eigenvalue weighted by atomic mass is 10.3. The fourth-order valence-electron chi connectivity index (χ4n) is 3.07. The molecule has 130 valence electrons. The minimum absolute atomic E-state index is 0.904. The van der Waals surface area contributed by atoms with Crippen molar-refractivity contribution in [1.82, 2.24) is 20.2 Å².